The van der Waals surface area contributed by atoms with Crippen molar-refractivity contribution >= 4 is 5.69 Å². The summed E-state index contributed by atoms with van der Waals surface area (Å²) in [6.45, 7) is 10.9. The first-order valence-electron chi connectivity index (χ1n) is 7.38. The first-order valence-corrected chi connectivity index (χ1v) is 7.38. The molecule has 0 spiro atoms. The van der Waals surface area contributed by atoms with E-state index in [1.807, 2.05) is 0 Å². The van der Waals surface area contributed by atoms with E-state index < -0.39 is 0 Å². The number of rotatable bonds is 1. The monoisotopic (exact) mass is 243 g/mol. The Bertz CT molecular complexity index is 474. The van der Waals surface area contributed by atoms with Crippen molar-refractivity contribution in [3.8, 4) is 0 Å². The van der Waals surface area contributed by atoms with E-state index in [1.165, 1.54) is 32.2 Å². The van der Waals surface area contributed by atoms with Gasteiger partial charge in [0.1, 0.15) is 0 Å². The lowest BCUT2D eigenvalue weighted by Gasteiger charge is -2.54. The minimum atomic E-state index is 0.300. The van der Waals surface area contributed by atoms with E-state index in [0.717, 1.165) is 0 Å². The zero-order valence-electron chi connectivity index (χ0n) is 12.2. The summed E-state index contributed by atoms with van der Waals surface area (Å²) in [7, 11) is 0. The Labute approximate surface area is 111 Å². The predicted octanol–water partition coefficient (Wildman–Crippen LogP) is 4.29. The molecule has 0 aromatic heterocycles. The van der Waals surface area contributed by atoms with Crippen LogP contribution in [0.2, 0.25) is 0 Å². The van der Waals surface area contributed by atoms with Crippen molar-refractivity contribution in [2.24, 2.45) is 0 Å². The lowest BCUT2D eigenvalue weighted by Crippen LogP contribution is -2.54. The first-order chi connectivity index (χ1) is 8.48. The second kappa shape index (κ2) is 3.76. The summed E-state index contributed by atoms with van der Waals surface area (Å²) in [6.07, 6.45) is 5.08. The fourth-order valence-electron chi connectivity index (χ4n) is 4.20. The van der Waals surface area contributed by atoms with E-state index >= 15 is 0 Å². The van der Waals surface area contributed by atoms with Crippen LogP contribution in [0.1, 0.15) is 58.1 Å². The molecule has 18 heavy (non-hydrogen) atoms. The maximum absolute atomic E-state index is 2.68. The summed E-state index contributed by atoms with van der Waals surface area (Å²) in [4.78, 5) is 2.68. The quantitative estimate of drug-likeness (QED) is 0.711. The van der Waals surface area contributed by atoms with Crippen LogP contribution in [0.15, 0.2) is 18.2 Å². The summed E-state index contributed by atoms with van der Waals surface area (Å²) in [5.74, 6) is 0. The molecule has 2 aliphatic heterocycles. The van der Waals surface area contributed by atoms with E-state index in [9.17, 15) is 0 Å². The Morgan fingerprint density at radius 3 is 2.72 bits per heavy atom. The standard InChI is InChI=1S/C17H25N/c1-5-17(4)12-16(2,3)18-11-7-9-13-8-6-10-14(17)15(13)18/h6,8,10H,5,7,9,11-12H2,1-4H3. The van der Waals surface area contributed by atoms with E-state index in [0.29, 0.717) is 11.0 Å². The zero-order chi connectivity index (χ0) is 13.0. The average Bonchev–Trinajstić information content (AvgIpc) is 2.35. The minimum Gasteiger partial charge on any atom is -0.366 e. The van der Waals surface area contributed by atoms with Gasteiger partial charge >= 0.3 is 0 Å². The molecule has 2 aliphatic rings. The number of aryl methyl sites for hydroxylation is 1. The van der Waals surface area contributed by atoms with Crippen LogP contribution in [0.3, 0.4) is 0 Å². The molecule has 0 bridgehead atoms. The highest BCUT2D eigenvalue weighted by molar-refractivity contribution is 5.67. The molecule has 1 aromatic carbocycles. The second-order valence-electron chi connectivity index (χ2n) is 6.97. The van der Waals surface area contributed by atoms with Crippen LogP contribution >= 0.6 is 0 Å². The summed E-state index contributed by atoms with van der Waals surface area (Å²) < 4.78 is 0. The summed E-state index contributed by atoms with van der Waals surface area (Å²) >= 11 is 0. The maximum Gasteiger partial charge on any atom is 0.0441 e. The summed E-state index contributed by atoms with van der Waals surface area (Å²) in [6, 6.07) is 6.97. The van der Waals surface area contributed by atoms with Gasteiger partial charge in [0.2, 0.25) is 0 Å². The zero-order valence-corrected chi connectivity index (χ0v) is 12.2. The van der Waals surface area contributed by atoms with Gasteiger partial charge < -0.3 is 4.90 Å². The molecule has 0 saturated carbocycles. The van der Waals surface area contributed by atoms with Gasteiger partial charge in [0.15, 0.2) is 0 Å². The number of nitrogens with zero attached hydrogens (tertiary/aromatic N) is 1. The third kappa shape index (κ3) is 1.52. The van der Waals surface area contributed by atoms with Gasteiger partial charge in [-0.2, -0.15) is 0 Å². The molecule has 98 valence electrons. The molecule has 0 radical (unpaired) electrons. The second-order valence-corrected chi connectivity index (χ2v) is 6.97. The Morgan fingerprint density at radius 2 is 2.00 bits per heavy atom. The van der Waals surface area contributed by atoms with Gasteiger partial charge in [-0.1, -0.05) is 32.0 Å². The van der Waals surface area contributed by atoms with E-state index in [-0.39, 0.29) is 0 Å². The van der Waals surface area contributed by atoms with Crippen molar-refractivity contribution in [2.75, 3.05) is 11.4 Å². The molecule has 0 amide bonds. The Morgan fingerprint density at radius 1 is 1.22 bits per heavy atom. The minimum absolute atomic E-state index is 0.300. The van der Waals surface area contributed by atoms with Crippen LogP contribution in [0, 0.1) is 0 Å². The highest BCUT2D eigenvalue weighted by Crippen LogP contribution is 2.51. The maximum atomic E-state index is 2.68. The van der Waals surface area contributed by atoms with Crippen molar-refractivity contribution in [1.29, 1.82) is 0 Å². The lowest BCUT2D eigenvalue weighted by atomic mass is 9.66. The smallest absolute Gasteiger partial charge is 0.0441 e. The summed E-state index contributed by atoms with van der Waals surface area (Å²) in [5, 5.41) is 0. The molecule has 1 unspecified atom stereocenters. The summed E-state index contributed by atoms with van der Waals surface area (Å²) in [5.41, 5.74) is 5.40. The third-order valence-corrected chi connectivity index (χ3v) is 5.20. The molecular formula is C17H25N. The molecule has 0 N–H and O–H groups in total. The SMILES string of the molecule is CCC1(C)CC(C)(C)N2CCCc3cccc1c32. The third-order valence-electron chi connectivity index (χ3n) is 5.20. The molecule has 3 rings (SSSR count). The molecule has 1 heteroatoms. The number of hydrogen-bond acceptors (Lipinski definition) is 1. The molecule has 0 saturated heterocycles. The van der Waals surface area contributed by atoms with Gasteiger partial charge in [-0.3, -0.25) is 0 Å². The van der Waals surface area contributed by atoms with Crippen molar-refractivity contribution in [1.82, 2.24) is 0 Å². The van der Waals surface area contributed by atoms with Crippen LogP contribution in [0.5, 0.6) is 0 Å². The van der Waals surface area contributed by atoms with Crippen molar-refractivity contribution < 1.29 is 0 Å². The number of para-hydroxylation sites is 1. The molecule has 1 aromatic rings. The Kier molecular flexibility index (Phi) is 2.52. The highest BCUT2D eigenvalue weighted by Gasteiger charge is 2.45. The van der Waals surface area contributed by atoms with Crippen molar-refractivity contribution in [3.63, 3.8) is 0 Å². The van der Waals surface area contributed by atoms with E-state index in [4.69, 9.17) is 0 Å². The highest BCUT2D eigenvalue weighted by atomic mass is 15.2. The fourth-order valence-corrected chi connectivity index (χ4v) is 4.20. The lowest BCUT2D eigenvalue weighted by molar-refractivity contribution is 0.275. The molecule has 1 atom stereocenters. The van der Waals surface area contributed by atoms with Gasteiger partial charge in [-0.05, 0) is 56.1 Å². The van der Waals surface area contributed by atoms with Gasteiger partial charge in [-0.25, -0.2) is 0 Å². The predicted molar refractivity (Wildman–Crippen MR) is 78.4 cm³/mol. The molecule has 0 fully saturated rings. The van der Waals surface area contributed by atoms with Gasteiger partial charge in [0.25, 0.3) is 0 Å². The van der Waals surface area contributed by atoms with Crippen LogP contribution in [-0.2, 0) is 11.8 Å². The topological polar surface area (TPSA) is 3.24 Å². The molecular weight excluding hydrogens is 218 g/mol. The van der Waals surface area contributed by atoms with Crippen LogP contribution < -0.4 is 4.90 Å². The van der Waals surface area contributed by atoms with Crippen molar-refractivity contribution in [3.05, 3.63) is 29.3 Å². The van der Waals surface area contributed by atoms with Crippen LogP contribution in [-0.4, -0.2) is 12.1 Å². The Hall–Kier alpha value is -0.980. The van der Waals surface area contributed by atoms with Crippen molar-refractivity contribution in [2.45, 2.75) is 64.3 Å². The molecule has 0 aliphatic carbocycles. The van der Waals surface area contributed by atoms with Crippen LogP contribution in [0.25, 0.3) is 0 Å². The average molecular weight is 243 g/mol. The first kappa shape index (κ1) is 12.1. The van der Waals surface area contributed by atoms with Crippen LogP contribution in [0.4, 0.5) is 5.69 Å². The normalized spacial score (nSPS) is 29.0. The Balaban J connectivity index is 2.25. The van der Waals surface area contributed by atoms with E-state index in [1.54, 1.807) is 16.8 Å². The van der Waals surface area contributed by atoms with Gasteiger partial charge in [0.05, 0.1) is 0 Å². The molecule has 2 heterocycles. The number of hydrogen-bond donors (Lipinski definition) is 0. The van der Waals surface area contributed by atoms with E-state index in [2.05, 4.69) is 50.8 Å². The van der Waals surface area contributed by atoms with Gasteiger partial charge in [0, 0.05) is 17.8 Å². The number of anilines is 1. The van der Waals surface area contributed by atoms with Gasteiger partial charge in [-0.15, -0.1) is 0 Å². The largest absolute Gasteiger partial charge is 0.366 e. The number of benzene rings is 1. The molecule has 1 nitrogen and oxygen atoms in total. The fraction of sp³-hybridized carbons (Fsp3) is 0.647.